The maximum absolute atomic E-state index is 3.99. The molecular weight excluding hydrogens is 158 g/mol. The average molecular weight is 175 g/mol. The normalized spacial score (nSPS) is 16.5. The molecule has 1 saturated heterocycles. The van der Waals surface area contributed by atoms with E-state index in [1.807, 2.05) is 6.92 Å². The summed E-state index contributed by atoms with van der Waals surface area (Å²) in [5.74, 6) is 0. The molecule has 0 aromatic rings. The zero-order valence-corrected chi connectivity index (χ0v) is 8.40. The van der Waals surface area contributed by atoms with Gasteiger partial charge < -0.3 is 4.90 Å². The second kappa shape index (κ2) is 3.65. The smallest absolute Gasteiger partial charge is 0.0471 e. The monoisotopic (exact) mass is 175 g/mol. The molecule has 13 heavy (non-hydrogen) atoms. The molecule has 0 bridgehead atoms. The third-order valence-electron chi connectivity index (χ3n) is 2.42. The van der Waals surface area contributed by atoms with Gasteiger partial charge in [-0.05, 0) is 25.3 Å². The van der Waals surface area contributed by atoms with Crippen LogP contribution in [0.5, 0.6) is 0 Å². The van der Waals surface area contributed by atoms with E-state index >= 15 is 0 Å². The lowest BCUT2D eigenvalue weighted by molar-refractivity contribution is 0.501. The van der Waals surface area contributed by atoms with Gasteiger partial charge in [-0.3, -0.25) is 0 Å². The molecule has 1 rings (SSSR count). The van der Waals surface area contributed by atoms with Crippen LogP contribution in [0, 0.1) is 0 Å². The molecule has 0 unspecified atom stereocenters. The minimum absolute atomic E-state index is 0.799. The Hall–Kier alpha value is -1.24. The maximum Gasteiger partial charge on any atom is 0.0471 e. The molecule has 1 aliphatic heterocycles. The minimum atomic E-state index is 0.799. The summed E-state index contributed by atoms with van der Waals surface area (Å²) < 4.78 is 0. The van der Waals surface area contributed by atoms with Crippen molar-refractivity contribution in [2.24, 2.45) is 0 Å². The van der Waals surface area contributed by atoms with E-state index < -0.39 is 0 Å². The second-order valence-corrected chi connectivity index (χ2v) is 3.60. The van der Waals surface area contributed by atoms with Gasteiger partial charge >= 0.3 is 0 Å². The number of allylic oxidation sites excluding steroid dienone is 2. The summed E-state index contributed by atoms with van der Waals surface area (Å²) in [7, 11) is 0. The number of hydrogen-bond acceptors (Lipinski definition) is 1. The van der Waals surface area contributed by atoms with Gasteiger partial charge in [0.15, 0.2) is 0 Å². The average Bonchev–Trinajstić information content (AvgIpc) is 2.35. The van der Waals surface area contributed by atoms with E-state index in [0.29, 0.717) is 0 Å². The molecule has 0 aromatic carbocycles. The summed E-state index contributed by atoms with van der Waals surface area (Å²) >= 11 is 0. The molecule has 70 valence electrons. The lowest BCUT2D eigenvalue weighted by Gasteiger charge is -2.21. The molecule has 0 N–H and O–H groups in total. The van der Waals surface area contributed by atoms with Crippen LogP contribution in [0.25, 0.3) is 0 Å². The summed E-state index contributed by atoms with van der Waals surface area (Å²) in [5, 5.41) is 0. The fourth-order valence-corrected chi connectivity index (χ4v) is 1.33. The van der Waals surface area contributed by atoms with Crippen LogP contribution >= 0.6 is 0 Å². The minimum Gasteiger partial charge on any atom is -0.345 e. The topological polar surface area (TPSA) is 3.24 Å². The van der Waals surface area contributed by atoms with Crippen LogP contribution < -0.4 is 0 Å². The first kappa shape index (κ1) is 9.85. The zero-order chi connectivity index (χ0) is 10.0. The van der Waals surface area contributed by atoms with Crippen molar-refractivity contribution in [3.8, 4) is 0 Å². The van der Waals surface area contributed by atoms with Crippen LogP contribution in [-0.4, -0.2) is 11.4 Å². The van der Waals surface area contributed by atoms with Gasteiger partial charge in [0.2, 0.25) is 0 Å². The summed E-state index contributed by atoms with van der Waals surface area (Å²) in [4.78, 5) is 2.14. The molecule has 0 atom stereocenters. The van der Waals surface area contributed by atoms with Gasteiger partial charge in [0.25, 0.3) is 0 Å². The van der Waals surface area contributed by atoms with Gasteiger partial charge in [-0.25, -0.2) is 0 Å². The van der Waals surface area contributed by atoms with Crippen molar-refractivity contribution >= 4 is 0 Å². The summed E-state index contributed by atoms with van der Waals surface area (Å²) in [6.45, 7) is 18.6. The van der Waals surface area contributed by atoms with Crippen molar-refractivity contribution in [2.75, 3.05) is 6.54 Å². The molecule has 0 aromatic heterocycles. The lowest BCUT2D eigenvalue weighted by atomic mass is 10.1. The van der Waals surface area contributed by atoms with Crippen molar-refractivity contribution in [1.82, 2.24) is 4.90 Å². The zero-order valence-electron chi connectivity index (χ0n) is 8.40. The van der Waals surface area contributed by atoms with E-state index in [-0.39, 0.29) is 0 Å². The van der Waals surface area contributed by atoms with Gasteiger partial charge in [-0.15, -0.1) is 0 Å². The van der Waals surface area contributed by atoms with E-state index in [2.05, 4.69) is 31.2 Å². The standard InChI is InChI=1S/C12H17N/c1-9(2)10(3)8-13-11(4)6-7-12(13)5/h1,3-8H2,2H3. The lowest BCUT2D eigenvalue weighted by Crippen LogP contribution is -2.18. The maximum atomic E-state index is 3.99. The van der Waals surface area contributed by atoms with Crippen molar-refractivity contribution < 1.29 is 0 Å². The second-order valence-electron chi connectivity index (χ2n) is 3.60. The first-order chi connectivity index (χ1) is 6.02. The Kier molecular flexibility index (Phi) is 2.76. The Bertz CT molecular complexity index is 267. The number of rotatable bonds is 3. The first-order valence-corrected chi connectivity index (χ1v) is 4.49. The van der Waals surface area contributed by atoms with Gasteiger partial charge in [0.05, 0.1) is 0 Å². The van der Waals surface area contributed by atoms with Gasteiger partial charge in [-0.2, -0.15) is 0 Å². The highest BCUT2D eigenvalue weighted by atomic mass is 15.2. The number of likely N-dealkylation sites (tertiary alicyclic amines) is 1. The van der Waals surface area contributed by atoms with Crippen LogP contribution in [-0.2, 0) is 0 Å². The molecule has 0 radical (unpaired) electrons. The fourth-order valence-electron chi connectivity index (χ4n) is 1.33. The SMILES string of the molecule is C=C(C)C(=C)CN1C(=C)CCC1=C. The van der Waals surface area contributed by atoms with Crippen LogP contribution in [0.4, 0.5) is 0 Å². The number of nitrogens with zero attached hydrogens (tertiary/aromatic N) is 1. The molecule has 1 heteroatoms. The van der Waals surface area contributed by atoms with Crippen molar-refractivity contribution in [2.45, 2.75) is 19.8 Å². The first-order valence-electron chi connectivity index (χ1n) is 4.49. The largest absolute Gasteiger partial charge is 0.345 e. The Balaban J connectivity index is 2.63. The third-order valence-corrected chi connectivity index (χ3v) is 2.42. The molecule has 1 heterocycles. The fraction of sp³-hybridized carbons (Fsp3) is 0.333. The van der Waals surface area contributed by atoms with Crippen LogP contribution in [0.1, 0.15) is 19.8 Å². The van der Waals surface area contributed by atoms with Crippen molar-refractivity contribution in [3.63, 3.8) is 0 Å². The van der Waals surface area contributed by atoms with Crippen molar-refractivity contribution in [3.05, 3.63) is 48.9 Å². The summed E-state index contributed by atoms with van der Waals surface area (Å²) in [6.07, 6.45) is 2.06. The van der Waals surface area contributed by atoms with E-state index in [1.54, 1.807) is 0 Å². The van der Waals surface area contributed by atoms with Gasteiger partial charge in [-0.1, -0.05) is 31.9 Å². The molecule has 0 saturated carbocycles. The Morgan fingerprint density at radius 1 is 1.23 bits per heavy atom. The van der Waals surface area contributed by atoms with E-state index in [0.717, 1.165) is 41.9 Å². The highest BCUT2D eigenvalue weighted by molar-refractivity contribution is 5.28. The quantitative estimate of drug-likeness (QED) is 0.595. The van der Waals surface area contributed by atoms with E-state index in [1.165, 1.54) is 0 Å². The molecule has 1 nitrogen and oxygen atoms in total. The molecule has 0 spiro atoms. The van der Waals surface area contributed by atoms with E-state index in [4.69, 9.17) is 0 Å². The van der Waals surface area contributed by atoms with Crippen molar-refractivity contribution in [1.29, 1.82) is 0 Å². The molecule has 0 aliphatic carbocycles. The summed E-state index contributed by atoms with van der Waals surface area (Å²) in [6, 6.07) is 0. The molecular formula is C12H17N. The van der Waals surface area contributed by atoms with Crippen LogP contribution in [0.15, 0.2) is 48.9 Å². The number of hydrogen-bond donors (Lipinski definition) is 0. The molecule has 1 aliphatic rings. The third kappa shape index (κ3) is 2.11. The predicted molar refractivity (Wildman–Crippen MR) is 58.2 cm³/mol. The molecule has 1 fully saturated rings. The highest BCUT2D eigenvalue weighted by Crippen LogP contribution is 2.29. The van der Waals surface area contributed by atoms with Crippen LogP contribution in [0.3, 0.4) is 0 Å². The van der Waals surface area contributed by atoms with E-state index in [9.17, 15) is 0 Å². The van der Waals surface area contributed by atoms with Gasteiger partial charge in [0, 0.05) is 17.9 Å². The Morgan fingerprint density at radius 3 is 2.08 bits per heavy atom. The summed E-state index contributed by atoms with van der Waals surface area (Å²) in [5.41, 5.74) is 4.39. The predicted octanol–water partition coefficient (Wildman–Crippen LogP) is 3.24. The highest BCUT2D eigenvalue weighted by Gasteiger charge is 2.19. The Morgan fingerprint density at radius 2 is 1.69 bits per heavy atom. The molecule has 0 amide bonds. The van der Waals surface area contributed by atoms with Crippen LogP contribution in [0.2, 0.25) is 0 Å². The van der Waals surface area contributed by atoms with Gasteiger partial charge in [0.1, 0.15) is 0 Å². The Labute approximate surface area is 80.7 Å².